The molecule has 2 aliphatic heterocycles. The number of hydrogen-bond acceptors (Lipinski definition) is 8. The van der Waals surface area contributed by atoms with E-state index < -0.39 is 20.0 Å². The summed E-state index contributed by atoms with van der Waals surface area (Å²) < 4.78 is 75.8. The van der Waals surface area contributed by atoms with Crippen LogP contribution in [-0.2, 0) is 24.8 Å². The number of ether oxygens (including phenoxy) is 1. The fourth-order valence-electron chi connectivity index (χ4n) is 4.44. The van der Waals surface area contributed by atoms with Gasteiger partial charge in [-0.1, -0.05) is 12.1 Å². The van der Waals surface area contributed by atoms with Crippen LogP contribution < -0.4 is 19.2 Å². The summed E-state index contributed by atoms with van der Waals surface area (Å²) in [6.07, 6.45) is 0. The van der Waals surface area contributed by atoms with Crippen LogP contribution in [0, 0.1) is 5.82 Å². The van der Waals surface area contributed by atoms with Crippen LogP contribution in [0.5, 0.6) is 0 Å². The molecule has 0 atom stereocenters. The van der Waals surface area contributed by atoms with Gasteiger partial charge in [-0.25, -0.2) is 25.9 Å². The van der Waals surface area contributed by atoms with Crippen LogP contribution in [-0.4, -0.2) is 93.1 Å². The molecule has 0 radical (unpaired) electrons. The molecule has 2 N–H and O–H groups in total. The van der Waals surface area contributed by atoms with Gasteiger partial charge in [0.25, 0.3) is 0 Å². The Bertz CT molecular complexity index is 1280. The van der Waals surface area contributed by atoms with E-state index in [-0.39, 0.29) is 28.7 Å². The topological polar surface area (TPSA) is 111 Å². The van der Waals surface area contributed by atoms with Crippen molar-refractivity contribution in [2.45, 2.75) is 11.8 Å². The van der Waals surface area contributed by atoms with Crippen molar-refractivity contribution in [3.8, 4) is 0 Å². The van der Waals surface area contributed by atoms with E-state index >= 15 is 0 Å². The molecule has 0 bridgehead atoms. The molecule has 2 aromatic rings. The summed E-state index contributed by atoms with van der Waals surface area (Å²) >= 11 is 0. The number of para-hydroxylation sites is 1. The van der Waals surface area contributed by atoms with Crippen LogP contribution in [0.1, 0.15) is 6.92 Å². The number of hydrogen-bond donors (Lipinski definition) is 2. The standard InChI is InChI=1S/C24H34FN5O5S2/c1-2-36(31,32)27-20-7-8-23(30-13-11-29(12-14-30)22-6-4-3-5-21(22)25)24(19-20)37(33,34)26-9-10-28-15-17-35-18-16-28/h3-8,19,26-27H,2,9-18H2,1H3. The summed E-state index contributed by atoms with van der Waals surface area (Å²) in [5.74, 6) is -0.427. The average Bonchev–Trinajstić information content (AvgIpc) is 2.89. The van der Waals surface area contributed by atoms with Crippen LogP contribution in [0.3, 0.4) is 0 Å². The van der Waals surface area contributed by atoms with Gasteiger partial charge in [0.05, 0.1) is 30.3 Å². The number of halogens is 1. The number of anilines is 3. The number of nitrogens with zero attached hydrogens (tertiary/aromatic N) is 3. The minimum Gasteiger partial charge on any atom is -0.379 e. The maximum atomic E-state index is 14.3. The predicted molar refractivity (Wildman–Crippen MR) is 143 cm³/mol. The molecule has 2 aliphatic rings. The van der Waals surface area contributed by atoms with Gasteiger partial charge >= 0.3 is 0 Å². The number of piperazine rings is 1. The molecule has 2 heterocycles. The number of benzene rings is 2. The Kier molecular flexibility index (Phi) is 8.90. The molecule has 2 fully saturated rings. The number of sulfonamides is 2. The first-order valence-corrected chi connectivity index (χ1v) is 15.5. The van der Waals surface area contributed by atoms with E-state index in [4.69, 9.17) is 4.74 Å². The molecule has 0 unspecified atom stereocenters. The molecular weight excluding hydrogens is 521 g/mol. The molecule has 2 aromatic carbocycles. The molecule has 0 aromatic heterocycles. The van der Waals surface area contributed by atoms with Crippen molar-refractivity contribution in [2.24, 2.45) is 0 Å². The molecule has 37 heavy (non-hydrogen) atoms. The van der Waals surface area contributed by atoms with Gasteiger partial charge in [0, 0.05) is 58.0 Å². The second kappa shape index (κ2) is 11.9. The number of morpholine rings is 1. The maximum Gasteiger partial charge on any atom is 0.242 e. The first-order valence-electron chi connectivity index (χ1n) is 12.4. The van der Waals surface area contributed by atoms with E-state index in [0.29, 0.717) is 57.3 Å². The zero-order valence-corrected chi connectivity index (χ0v) is 22.5. The number of nitrogens with one attached hydrogen (secondary N) is 2. The molecule has 0 amide bonds. The number of rotatable bonds is 10. The third-order valence-electron chi connectivity index (χ3n) is 6.54. The zero-order valence-electron chi connectivity index (χ0n) is 20.9. The Morgan fingerprint density at radius 3 is 2.19 bits per heavy atom. The van der Waals surface area contributed by atoms with Gasteiger partial charge in [-0.15, -0.1) is 0 Å². The molecule has 0 saturated carbocycles. The minimum absolute atomic E-state index is 0.00474. The first-order chi connectivity index (χ1) is 17.7. The van der Waals surface area contributed by atoms with Gasteiger partial charge in [0.2, 0.25) is 20.0 Å². The fourth-order valence-corrected chi connectivity index (χ4v) is 6.34. The Balaban J connectivity index is 1.54. The Morgan fingerprint density at radius 1 is 0.892 bits per heavy atom. The van der Waals surface area contributed by atoms with Crippen molar-refractivity contribution in [1.82, 2.24) is 9.62 Å². The summed E-state index contributed by atoms with van der Waals surface area (Å²) in [5, 5.41) is 0. The lowest BCUT2D eigenvalue weighted by Crippen LogP contribution is -2.47. The second-order valence-corrected chi connectivity index (χ2v) is 12.7. The Morgan fingerprint density at radius 2 is 1.54 bits per heavy atom. The van der Waals surface area contributed by atoms with Crippen molar-refractivity contribution < 1.29 is 26.0 Å². The quantitative estimate of drug-likeness (QED) is 0.454. The minimum atomic E-state index is -3.96. The van der Waals surface area contributed by atoms with Gasteiger partial charge in [-0.05, 0) is 37.3 Å². The largest absolute Gasteiger partial charge is 0.379 e. The van der Waals surface area contributed by atoms with Crippen molar-refractivity contribution >= 4 is 37.1 Å². The Labute approximate surface area is 218 Å². The smallest absolute Gasteiger partial charge is 0.242 e. The highest BCUT2D eigenvalue weighted by Gasteiger charge is 2.27. The van der Waals surface area contributed by atoms with E-state index in [1.807, 2.05) is 9.80 Å². The normalized spacial score (nSPS) is 17.7. The van der Waals surface area contributed by atoms with Crippen LogP contribution in [0.2, 0.25) is 0 Å². The van der Waals surface area contributed by atoms with Gasteiger partial charge in [-0.2, -0.15) is 0 Å². The first kappa shape index (κ1) is 27.6. The van der Waals surface area contributed by atoms with Crippen LogP contribution in [0.4, 0.5) is 21.5 Å². The molecule has 10 nitrogen and oxygen atoms in total. The maximum absolute atomic E-state index is 14.3. The summed E-state index contributed by atoms with van der Waals surface area (Å²) in [6.45, 7) is 6.97. The average molecular weight is 556 g/mol. The molecular formula is C24H34FN5O5S2. The lowest BCUT2D eigenvalue weighted by molar-refractivity contribution is 0.0390. The molecule has 2 saturated heterocycles. The second-order valence-electron chi connectivity index (χ2n) is 8.97. The van der Waals surface area contributed by atoms with Crippen LogP contribution in [0.25, 0.3) is 0 Å². The third kappa shape index (κ3) is 7.11. The van der Waals surface area contributed by atoms with E-state index in [0.717, 1.165) is 13.1 Å². The predicted octanol–water partition coefficient (Wildman–Crippen LogP) is 1.52. The molecule has 4 rings (SSSR count). The van der Waals surface area contributed by atoms with E-state index in [9.17, 15) is 21.2 Å². The van der Waals surface area contributed by atoms with E-state index in [1.54, 1.807) is 30.3 Å². The molecule has 13 heteroatoms. The molecule has 204 valence electrons. The van der Waals surface area contributed by atoms with Crippen molar-refractivity contribution in [3.05, 3.63) is 48.3 Å². The summed E-state index contributed by atoms with van der Waals surface area (Å²) in [4.78, 5) is 6.00. The summed E-state index contributed by atoms with van der Waals surface area (Å²) in [7, 11) is -7.54. The zero-order chi connectivity index (χ0) is 26.5. The lowest BCUT2D eigenvalue weighted by Gasteiger charge is -2.38. The van der Waals surface area contributed by atoms with Gasteiger partial charge < -0.3 is 14.5 Å². The lowest BCUT2D eigenvalue weighted by atomic mass is 10.2. The summed E-state index contributed by atoms with van der Waals surface area (Å²) in [6, 6.07) is 11.1. The fraction of sp³-hybridized carbons (Fsp3) is 0.500. The SMILES string of the molecule is CCS(=O)(=O)Nc1ccc(N2CCN(c3ccccc3F)CC2)c(S(=O)(=O)NCCN2CCOCC2)c1. The van der Waals surface area contributed by atoms with Crippen LogP contribution in [0.15, 0.2) is 47.4 Å². The highest BCUT2D eigenvalue weighted by molar-refractivity contribution is 7.92. The third-order valence-corrected chi connectivity index (χ3v) is 9.34. The van der Waals surface area contributed by atoms with E-state index in [1.165, 1.54) is 19.1 Å². The summed E-state index contributed by atoms with van der Waals surface area (Å²) in [5.41, 5.74) is 1.18. The van der Waals surface area contributed by atoms with Crippen molar-refractivity contribution in [1.29, 1.82) is 0 Å². The highest BCUT2D eigenvalue weighted by atomic mass is 32.2. The Hall–Kier alpha value is -2.45. The van der Waals surface area contributed by atoms with Crippen molar-refractivity contribution in [2.75, 3.05) is 85.8 Å². The van der Waals surface area contributed by atoms with Gasteiger partial charge in [0.15, 0.2) is 0 Å². The van der Waals surface area contributed by atoms with Gasteiger partial charge in [-0.3, -0.25) is 9.62 Å². The van der Waals surface area contributed by atoms with Crippen LogP contribution >= 0.6 is 0 Å². The molecule has 0 spiro atoms. The molecule has 0 aliphatic carbocycles. The monoisotopic (exact) mass is 555 g/mol. The van der Waals surface area contributed by atoms with E-state index in [2.05, 4.69) is 14.3 Å². The van der Waals surface area contributed by atoms with Crippen molar-refractivity contribution in [3.63, 3.8) is 0 Å². The van der Waals surface area contributed by atoms with Gasteiger partial charge in [0.1, 0.15) is 10.7 Å². The highest BCUT2D eigenvalue weighted by Crippen LogP contribution is 2.31.